The van der Waals surface area contributed by atoms with Crippen LogP contribution in [-0.4, -0.2) is 13.7 Å². The number of ether oxygens (including phenoxy) is 6. The van der Waals surface area contributed by atoms with Crippen LogP contribution in [0.1, 0.15) is 49.9 Å². The number of benzene rings is 20. The van der Waals surface area contributed by atoms with Crippen LogP contribution >= 0.6 is 0 Å². The van der Waals surface area contributed by atoms with Gasteiger partial charge in [0, 0.05) is 95.2 Å². The first-order chi connectivity index (χ1) is 68.4. The van der Waals surface area contributed by atoms with E-state index in [0.29, 0.717) is 0 Å². The summed E-state index contributed by atoms with van der Waals surface area (Å²) in [5.41, 5.74) is 35.8. The zero-order valence-electron chi connectivity index (χ0n) is 75.8. The molecule has 32 rings (SSSR count). The van der Waals surface area contributed by atoms with Gasteiger partial charge < -0.3 is 47.5 Å². The topological polar surface area (TPSA) is 93.0 Å². The average Bonchev–Trinajstić information content (AvgIpc) is 1.54. The van der Waals surface area contributed by atoms with Gasteiger partial charge in [-0.15, -0.1) is 0 Å². The third-order valence-electron chi connectivity index (χ3n) is 29.8. The van der Waals surface area contributed by atoms with E-state index < -0.39 is 0 Å². The number of furan rings is 1. The normalized spacial score (nSPS) is 13.6. The summed E-state index contributed by atoms with van der Waals surface area (Å²) in [4.78, 5) is 7.05. The number of rotatable bonds is 11. The van der Waals surface area contributed by atoms with Crippen molar-refractivity contribution in [3.05, 3.63) is 435 Å². The lowest BCUT2D eigenvalue weighted by atomic mass is 9.82. The predicted octanol–water partition coefficient (Wildman–Crippen LogP) is 35.2. The molecule has 656 valence electrons. The van der Waals surface area contributed by atoms with Crippen molar-refractivity contribution in [1.82, 2.24) is 13.7 Å². The standard InChI is InChI=1S/2C45H30N2O2.C36H20N2O3/c1-45(2)36-14-7-6-12-32(36)33-23-22-30(25-37(33)45)46(29-20-18-28(19-21-29)27-10-4-3-5-11-27)31-24-35-34-13-8-15-38-42(34)47-43(35)41(26-31)49-40-17-9-16-39(48-38)44(40)47;1-45(2)36-14-7-6-12-32(36)34-24-30(22-23-37(34)45)46(29-20-18-28(19-21-29)27-10-4-3-5-11-27)31-25-35-33-13-8-15-38-42(33)47-43(35)41(26-31)49-40-17-9-16-39(48-38)44(40)47;1-2-9-21(10-3-1)37(26-13-7-15-28-33(26)24-11-4-5-14-27(24)39-28)22-19-25-23-12-6-16-29-34(23)38-35(25)32(20-22)41-31-18-8-17-30(40-29)36(31)38/h2*3-26H,1-2H3;1-20H. The van der Waals surface area contributed by atoms with Crippen molar-refractivity contribution in [2.45, 2.75) is 38.5 Å². The van der Waals surface area contributed by atoms with Gasteiger partial charge in [-0.05, 0) is 218 Å². The number of anilines is 9. The average molecular weight is 1790 g/mol. The molecule has 0 atom stereocenters. The molecule has 8 aliphatic rings. The minimum atomic E-state index is -0.121. The fourth-order valence-electron chi connectivity index (χ4n) is 23.6. The molecule has 13 nitrogen and oxygen atoms in total. The van der Waals surface area contributed by atoms with Crippen LogP contribution in [0.3, 0.4) is 0 Å². The summed E-state index contributed by atoms with van der Waals surface area (Å²) in [7, 11) is 0. The zero-order valence-corrected chi connectivity index (χ0v) is 75.8. The van der Waals surface area contributed by atoms with E-state index in [1.54, 1.807) is 0 Å². The minimum Gasteiger partial charge on any atom is -0.456 e. The second kappa shape index (κ2) is 28.7. The first kappa shape index (κ1) is 77.3. The Morgan fingerprint density at radius 3 is 1.00 bits per heavy atom. The van der Waals surface area contributed by atoms with Crippen LogP contribution in [0.2, 0.25) is 0 Å². The van der Waals surface area contributed by atoms with Crippen LogP contribution in [0, 0.1) is 0 Å². The van der Waals surface area contributed by atoms with Crippen LogP contribution in [0.15, 0.2) is 417 Å². The van der Waals surface area contributed by atoms with Crippen LogP contribution in [0.4, 0.5) is 51.2 Å². The molecule has 0 fully saturated rings. The Labute approximate surface area is 798 Å². The molecule has 139 heavy (non-hydrogen) atoms. The van der Waals surface area contributed by atoms with Gasteiger partial charge in [-0.1, -0.05) is 270 Å². The third-order valence-corrected chi connectivity index (χ3v) is 29.8. The molecule has 0 unspecified atom stereocenters. The Hall–Kier alpha value is -18.2. The minimum absolute atomic E-state index is 0.0658. The molecular formula is C126H80N6O7. The smallest absolute Gasteiger partial charge is 0.155 e. The first-order valence-electron chi connectivity index (χ1n) is 47.4. The second-order valence-electron chi connectivity index (χ2n) is 38.1. The highest BCUT2D eigenvalue weighted by atomic mass is 16.5. The first-order valence-corrected chi connectivity index (χ1v) is 47.4. The van der Waals surface area contributed by atoms with Gasteiger partial charge in [0.2, 0.25) is 0 Å². The summed E-state index contributed by atoms with van der Waals surface area (Å²) < 4.78 is 52.7. The highest BCUT2D eigenvalue weighted by Crippen LogP contribution is 2.62. The lowest BCUT2D eigenvalue weighted by Crippen LogP contribution is -2.16. The number of para-hydroxylation sites is 8. The Kier molecular flexibility index (Phi) is 15.9. The molecule has 24 aromatic rings. The number of hydrogen-bond acceptors (Lipinski definition) is 10. The zero-order chi connectivity index (χ0) is 91.5. The summed E-state index contributed by atoms with van der Waals surface area (Å²) in [5.74, 6) is 9.87. The van der Waals surface area contributed by atoms with Gasteiger partial charge in [0.1, 0.15) is 28.2 Å². The molecule has 0 bridgehead atoms. The molecule has 10 heterocycles. The Balaban J connectivity index is 0.0000000987. The largest absolute Gasteiger partial charge is 0.456 e. The number of hydrogen-bond donors (Lipinski definition) is 0. The van der Waals surface area contributed by atoms with E-state index in [2.05, 4.69) is 384 Å². The van der Waals surface area contributed by atoms with E-state index in [4.69, 9.17) is 32.8 Å². The molecule has 6 aliphatic heterocycles. The van der Waals surface area contributed by atoms with Gasteiger partial charge >= 0.3 is 0 Å². The fraction of sp³-hybridized carbons (Fsp3) is 0.0476. The maximum atomic E-state index is 6.75. The van der Waals surface area contributed by atoms with Crippen molar-refractivity contribution in [2.75, 3.05) is 14.7 Å². The van der Waals surface area contributed by atoms with Crippen molar-refractivity contribution in [2.24, 2.45) is 0 Å². The Morgan fingerprint density at radius 2 is 0.518 bits per heavy atom. The van der Waals surface area contributed by atoms with Crippen LogP contribution in [0.25, 0.3) is 149 Å². The lowest BCUT2D eigenvalue weighted by molar-refractivity contribution is 0.443. The number of aromatic nitrogens is 3. The van der Waals surface area contributed by atoms with Crippen LogP contribution < -0.4 is 43.1 Å². The van der Waals surface area contributed by atoms with Crippen molar-refractivity contribution < 1.29 is 32.8 Å². The molecule has 0 amide bonds. The molecular weight excluding hydrogens is 1710 g/mol. The summed E-state index contributed by atoms with van der Waals surface area (Å²) >= 11 is 0. The molecule has 20 aromatic carbocycles. The van der Waals surface area contributed by atoms with Gasteiger partial charge in [-0.2, -0.15) is 0 Å². The molecule has 0 radical (unpaired) electrons. The van der Waals surface area contributed by atoms with Gasteiger partial charge in [0.25, 0.3) is 0 Å². The molecule has 13 heteroatoms. The number of nitrogens with zero attached hydrogens (tertiary/aromatic N) is 6. The Morgan fingerprint density at radius 1 is 0.194 bits per heavy atom. The number of fused-ring (bicyclic) bond motifs is 12. The van der Waals surface area contributed by atoms with E-state index in [-0.39, 0.29) is 10.8 Å². The SMILES string of the molecule is CC1(C)c2ccccc2-c2cc(N(c3ccc(-c4ccccc4)cc3)c3cc4c5c(c3)c3cccc6c3n5-c3c(cccc3O4)O6)ccc21.CC1(C)c2ccccc2-c2ccc(N(c3ccc(-c4ccccc4)cc3)c3cc4c5c(c3)c3cccc6c3n5-c3c(cccc3O4)O6)cc21.c1ccc(N(c2cc3c4c(c2)c2cccc5c2n4-c2c(cccc2O3)O5)c2cccc3oc4ccccc4c23)cc1. The predicted molar refractivity (Wildman–Crippen MR) is 560 cm³/mol. The van der Waals surface area contributed by atoms with E-state index in [0.717, 1.165) is 225 Å². The van der Waals surface area contributed by atoms with Gasteiger partial charge in [-0.3, -0.25) is 13.7 Å². The van der Waals surface area contributed by atoms with Gasteiger partial charge in [-0.25, -0.2) is 0 Å². The summed E-state index contributed by atoms with van der Waals surface area (Å²) in [5, 5.41) is 8.97. The van der Waals surface area contributed by atoms with Gasteiger partial charge in [0.05, 0.1) is 61.2 Å². The quantitative estimate of drug-likeness (QED) is 0.125. The molecule has 4 aromatic heterocycles. The summed E-state index contributed by atoms with van der Waals surface area (Å²) in [6.45, 7) is 9.34. The van der Waals surface area contributed by atoms with E-state index >= 15 is 0 Å². The molecule has 2 aliphatic carbocycles. The summed E-state index contributed by atoms with van der Waals surface area (Å²) in [6, 6.07) is 146. The molecule has 0 N–H and O–H groups in total. The summed E-state index contributed by atoms with van der Waals surface area (Å²) in [6.07, 6.45) is 0. The van der Waals surface area contributed by atoms with E-state index in [1.807, 2.05) is 84.9 Å². The van der Waals surface area contributed by atoms with Crippen molar-refractivity contribution >= 4 is 139 Å². The van der Waals surface area contributed by atoms with E-state index in [1.165, 1.54) is 66.8 Å². The monoisotopic (exact) mass is 1790 g/mol. The van der Waals surface area contributed by atoms with Crippen molar-refractivity contribution in [1.29, 1.82) is 0 Å². The van der Waals surface area contributed by atoms with E-state index in [9.17, 15) is 0 Å². The fourth-order valence-corrected chi connectivity index (χ4v) is 23.6. The Bertz CT molecular complexity index is 9480. The molecule has 0 saturated heterocycles. The maximum absolute atomic E-state index is 6.75. The van der Waals surface area contributed by atoms with Crippen LogP contribution in [-0.2, 0) is 10.8 Å². The second-order valence-corrected chi connectivity index (χ2v) is 38.1. The maximum Gasteiger partial charge on any atom is 0.155 e. The third kappa shape index (κ3) is 11.1. The highest BCUT2D eigenvalue weighted by Gasteiger charge is 2.42. The molecule has 0 saturated carbocycles. The highest BCUT2D eigenvalue weighted by molar-refractivity contribution is 6.21. The molecule has 0 spiro atoms. The lowest BCUT2D eigenvalue weighted by Gasteiger charge is -2.30. The van der Waals surface area contributed by atoms with Crippen molar-refractivity contribution in [3.8, 4) is 131 Å². The van der Waals surface area contributed by atoms with Crippen molar-refractivity contribution in [3.63, 3.8) is 0 Å². The van der Waals surface area contributed by atoms with Crippen LogP contribution in [0.5, 0.6) is 69.0 Å². The van der Waals surface area contributed by atoms with Gasteiger partial charge in [0.15, 0.2) is 69.0 Å².